The maximum absolute atomic E-state index is 11.2. The second kappa shape index (κ2) is 1.99. The lowest BCUT2D eigenvalue weighted by atomic mass is 11.0. The number of hydrogen-bond donors (Lipinski definition) is 1. The van der Waals surface area contributed by atoms with E-state index in [1.165, 1.54) is 0 Å². The van der Waals surface area contributed by atoms with E-state index in [-0.39, 0.29) is 0 Å². The van der Waals surface area contributed by atoms with Gasteiger partial charge in [0.15, 0.2) is 5.57 Å². The zero-order valence-corrected chi connectivity index (χ0v) is 6.35. The van der Waals surface area contributed by atoms with Gasteiger partial charge in [-0.05, 0) is 13.3 Å². The van der Waals surface area contributed by atoms with E-state index in [2.05, 4.69) is 9.97 Å². The highest BCUT2D eigenvalue weighted by Gasteiger charge is 2.11. The molecule has 0 saturated carbocycles. The fraction of sp³-hybridized carbons (Fsp3) is 0.400. The van der Waals surface area contributed by atoms with Gasteiger partial charge in [-0.1, -0.05) is 0 Å². The minimum absolute atomic E-state index is 0.600. The van der Waals surface area contributed by atoms with E-state index in [0.717, 1.165) is 0 Å². The molecule has 1 N–H and O–H groups in total. The number of aromatic amines is 1. The summed E-state index contributed by atoms with van der Waals surface area (Å²) in [7, 11) is -2.14. The van der Waals surface area contributed by atoms with Crippen molar-refractivity contribution in [1.82, 2.24) is 9.97 Å². The van der Waals surface area contributed by atoms with Gasteiger partial charge >= 0.3 is 0 Å². The summed E-state index contributed by atoms with van der Waals surface area (Å²) >= 11 is 0. The number of rotatable bonds is 1. The maximum atomic E-state index is 11.2. The molecule has 0 aliphatic heterocycles. The molecule has 0 bridgehead atoms. The minimum Gasteiger partial charge on any atom is -0.342 e. The predicted octanol–water partition coefficient (Wildman–Crippen LogP) is 0.658. The molecule has 0 fully saturated rings. The molecule has 3 nitrogen and oxygen atoms in total. The zero-order valence-electron chi connectivity index (χ0n) is 5.46. The monoisotopic (exact) mass is 144 g/mol. The molecular weight excluding hydrogens is 135 g/mol. The van der Waals surface area contributed by atoms with Crippen LogP contribution in [0.5, 0.6) is 0 Å². The molecule has 1 aromatic heterocycles. The highest BCUT2D eigenvalue weighted by atomic mass is 31.2. The summed E-state index contributed by atoms with van der Waals surface area (Å²) in [6, 6.07) is 0. The molecule has 0 unspecified atom stereocenters. The quantitative estimate of drug-likeness (QED) is 0.588. The van der Waals surface area contributed by atoms with Crippen molar-refractivity contribution < 1.29 is 4.57 Å². The van der Waals surface area contributed by atoms with Crippen LogP contribution in [0.3, 0.4) is 0 Å². The number of imidazole rings is 1. The van der Waals surface area contributed by atoms with Gasteiger partial charge in [0.1, 0.15) is 7.14 Å². The van der Waals surface area contributed by atoms with Crippen LogP contribution in [0.2, 0.25) is 0 Å². The Balaban J connectivity index is 3.04. The van der Waals surface area contributed by atoms with Gasteiger partial charge in [-0.3, -0.25) is 0 Å². The Bertz CT molecular complexity index is 223. The molecule has 0 aromatic carbocycles. The Hall–Kier alpha value is -0.560. The average Bonchev–Trinajstić information content (AvgIpc) is 2.08. The van der Waals surface area contributed by atoms with E-state index in [1.54, 1.807) is 25.7 Å². The van der Waals surface area contributed by atoms with Crippen molar-refractivity contribution in [2.45, 2.75) is 0 Å². The topological polar surface area (TPSA) is 45.8 Å². The molecule has 0 aliphatic rings. The summed E-state index contributed by atoms with van der Waals surface area (Å²) < 4.78 is 11.2. The average molecular weight is 144 g/mol. The van der Waals surface area contributed by atoms with Gasteiger partial charge in [0.05, 0.1) is 0 Å². The Morgan fingerprint density at radius 3 is 2.56 bits per heavy atom. The summed E-state index contributed by atoms with van der Waals surface area (Å²) in [6.45, 7) is 3.37. The Kier molecular flexibility index (Phi) is 1.45. The molecule has 0 atom stereocenters. The van der Waals surface area contributed by atoms with Gasteiger partial charge in [0.25, 0.3) is 0 Å². The van der Waals surface area contributed by atoms with Crippen LogP contribution in [0.4, 0.5) is 0 Å². The summed E-state index contributed by atoms with van der Waals surface area (Å²) in [5, 5.41) is 0. The van der Waals surface area contributed by atoms with Crippen molar-refractivity contribution in [3.05, 3.63) is 12.4 Å². The first-order valence-electron chi connectivity index (χ1n) is 2.65. The molecule has 0 spiro atoms. The van der Waals surface area contributed by atoms with E-state index in [1.807, 2.05) is 0 Å². The number of nitrogens with one attached hydrogen (secondary N) is 1. The molecule has 0 amide bonds. The smallest absolute Gasteiger partial charge is 0.166 e. The molecule has 0 radical (unpaired) electrons. The lowest BCUT2D eigenvalue weighted by Gasteiger charge is -1.98. The highest BCUT2D eigenvalue weighted by molar-refractivity contribution is 7.69. The van der Waals surface area contributed by atoms with Crippen molar-refractivity contribution in [3.8, 4) is 0 Å². The van der Waals surface area contributed by atoms with E-state index in [9.17, 15) is 4.57 Å². The molecule has 9 heavy (non-hydrogen) atoms. The van der Waals surface area contributed by atoms with Gasteiger partial charge in [-0.2, -0.15) is 0 Å². The summed E-state index contributed by atoms with van der Waals surface area (Å²) in [4.78, 5) is 6.67. The van der Waals surface area contributed by atoms with Crippen molar-refractivity contribution >= 4 is 12.7 Å². The Morgan fingerprint density at radius 1 is 1.67 bits per heavy atom. The van der Waals surface area contributed by atoms with Crippen LogP contribution in [0.25, 0.3) is 0 Å². The van der Waals surface area contributed by atoms with Crippen molar-refractivity contribution in [3.63, 3.8) is 0 Å². The molecule has 50 valence electrons. The second-order valence-corrected chi connectivity index (χ2v) is 5.39. The van der Waals surface area contributed by atoms with Gasteiger partial charge in [-0.25, -0.2) is 4.98 Å². The third kappa shape index (κ3) is 1.42. The van der Waals surface area contributed by atoms with Crippen LogP contribution in [-0.2, 0) is 4.57 Å². The van der Waals surface area contributed by atoms with Crippen LogP contribution < -0.4 is 5.57 Å². The molecule has 1 rings (SSSR count). The molecule has 1 heterocycles. The minimum atomic E-state index is -2.14. The first-order chi connectivity index (χ1) is 4.11. The zero-order chi connectivity index (χ0) is 6.91. The first-order valence-corrected chi connectivity index (χ1v) is 5.26. The molecular formula is C5H9N2OP. The number of aromatic nitrogens is 2. The maximum Gasteiger partial charge on any atom is 0.166 e. The van der Waals surface area contributed by atoms with Crippen LogP contribution in [-0.4, -0.2) is 23.3 Å². The summed E-state index contributed by atoms with van der Waals surface area (Å²) in [5.41, 5.74) is 0.600. The molecule has 0 saturated heterocycles. The van der Waals surface area contributed by atoms with Gasteiger partial charge in [-0.15, -0.1) is 0 Å². The lowest BCUT2D eigenvalue weighted by Crippen LogP contribution is -2.06. The van der Waals surface area contributed by atoms with E-state index in [4.69, 9.17) is 0 Å². The fourth-order valence-electron chi connectivity index (χ4n) is 0.551. The van der Waals surface area contributed by atoms with Crippen LogP contribution in [0.1, 0.15) is 0 Å². The van der Waals surface area contributed by atoms with E-state index in [0.29, 0.717) is 5.57 Å². The van der Waals surface area contributed by atoms with Crippen molar-refractivity contribution in [2.75, 3.05) is 13.3 Å². The van der Waals surface area contributed by atoms with Crippen molar-refractivity contribution in [1.29, 1.82) is 0 Å². The highest BCUT2D eigenvalue weighted by Crippen LogP contribution is 2.31. The Labute approximate surface area is 53.9 Å². The van der Waals surface area contributed by atoms with Crippen molar-refractivity contribution in [2.24, 2.45) is 0 Å². The molecule has 1 aromatic rings. The van der Waals surface area contributed by atoms with E-state index >= 15 is 0 Å². The SMILES string of the molecule is CP(C)(=O)c1ncc[nH]1. The first kappa shape index (κ1) is 6.56. The largest absolute Gasteiger partial charge is 0.342 e. The lowest BCUT2D eigenvalue weighted by molar-refractivity contribution is 0.587. The van der Waals surface area contributed by atoms with Crippen LogP contribution >= 0.6 is 7.14 Å². The fourth-order valence-corrected chi connectivity index (χ4v) is 1.28. The third-order valence-electron chi connectivity index (χ3n) is 0.994. The third-order valence-corrected chi connectivity index (χ3v) is 2.26. The number of hydrogen-bond acceptors (Lipinski definition) is 2. The van der Waals surface area contributed by atoms with Gasteiger partial charge < -0.3 is 9.55 Å². The van der Waals surface area contributed by atoms with E-state index < -0.39 is 7.14 Å². The Morgan fingerprint density at radius 2 is 2.33 bits per heavy atom. The number of nitrogens with zero attached hydrogens (tertiary/aromatic N) is 1. The molecule has 4 heteroatoms. The normalized spacial score (nSPS) is 11.8. The number of H-pyrrole nitrogens is 1. The standard InChI is InChI=1S/C5H9N2OP/c1-9(2,8)5-6-3-4-7-5/h3-4H,1-2H3,(H,6,7). The van der Waals surface area contributed by atoms with Gasteiger partial charge in [0.2, 0.25) is 0 Å². The van der Waals surface area contributed by atoms with Crippen LogP contribution in [0, 0.1) is 0 Å². The summed E-state index contributed by atoms with van der Waals surface area (Å²) in [6.07, 6.45) is 3.28. The molecule has 0 aliphatic carbocycles. The van der Waals surface area contributed by atoms with Gasteiger partial charge in [0, 0.05) is 12.4 Å². The second-order valence-electron chi connectivity index (χ2n) is 2.26. The van der Waals surface area contributed by atoms with Crippen LogP contribution in [0.15, 0.2) is 12.4 Å². The summed E-state index contributed by atoms with van der Waals surface area (Å²) in [5.74, 6) is 0. The predicted molar refractivity (Wildman–Crippen MR) is 37.7 cm³/mol.